The van der Waals surface area contributed by atoms with E-state index < -0.39 is 22.6 Å². The van der Waals surface area contributed by atoms with Crippen LogP contribution in [0.25, 0.3) is 0 Å². The Labute approximate surface area is 259 Å². The van der Waals surface area contributed by atoms with E-state index in [1.165, 1.54) is 6.92 Å². The van der Waals surface area contributed by atoms with Crippen molar-refractivity contribution in [2.75, 3.05) is 6.61 Å². The van der Waals surface area contributed by atoms with Crippen LogP contribution in [-0.2, 0) is 33.3 Å². The summed E-state index contributed by atoms with van der Waals surface area (Å²) in [5.74, 6) is -0.399. The quantitative estimate of drug-likeness (QED) is 0.304. The van der Waals surface area contributed by atoms with E-state index in [-0.39, 0.29) is 51.7 Å². The largest absolute Gasteiger partial charge is 0.462 e. The molecule has 0 amide bonds. The van der Waals surface area contributed by atoms with Crippen LogP contribution in [0.5, 0.6) is 0 Å². The van der Waals surface area contributed by atoms with Gasteiger partial charge in [-0.05, 0) is 107 Å². The van der Waals surface area contributed by atoms with Gasteiger partial charge in [0.25, 0.3) is 0 Å². The zero-order chi connectivity index (χ0) is 31.6. The summed E-state index contributed by atoms with van der Waals surface area (Å²) in [5, 5.41) is 0. The van der Waals surface area contributed by atoms with Crippen molar-refractivity contribution in [1.29, 1.82) is 0 Å². The number of carbonyl (C=O) groups is 2. The Kier molecular flexibility index (Phi) is 6.98. The maximum atomic E-state index is 12.8. The van der Waals surface area contributed by atoms with Crippen molar-refractivity contribution in [2.24, 2.45) is 39.4 Å². The number of hydrogen-bond acceptors (Lipinski definition) is 7. The van der Waals surface area contributed by atoms with Gasteiger partial charge < -0.3 is 23.7 Å². The molecule has 2 saturated heterocycles. The molecule has 6 rings (SSSR count). The first-order valence-corrected chi connectivity index (χ1v) is 17.2. The molecule has 4 aliphatic carbocycles. The van der Waals surface area contributed by atoms with E-state index >= 15 is 0 Å². The van der Waals surface area contributed by atoms with Crippen LogP contribution in [0.1, 0.15) is 134 Å². The van der Waals surface area contributed by atoms with Gasteiger partial charge in [-0.2, -0.15) is 0 Å². The molecule has 11 atom stereocenters. The van der Waals surface area contributed by atoms with Crippen LogP contribution in [0.2, 0.25) is 0 Å². The fourth-order valence-electron chi connectivity index (χ4n) is 12.8. The van der Waals surface area contributed by atoms with E-state index in [9.17, 15) is 9.59 Å². The average molecular weight is 603 g/mol. The predicted octanol–water partition coefficient (Wildman–Crippen LogP) is 7.38. The van der Waals surface area contributed by atoms with Gasteiger partial charge in [0, 0.05) is 38.2 Å². The molecule has 4 saturated carbocycles. The Bertz CT molecular complexity index is 1180. The predicted molar refractivity (Wildman–Crippen MR) is 163 cm³/mol. The number of esters is 2. The summed E-state index contributed by atoms with van der Waals surface area (Å²) in [5.41, 5.74) is -1.77. The summed E-state index contributed by atoms with van der Waals surface area (Å²) >= 11 is 0. The lowest BCUT2D eigenvalue weighted by Gasteiger charge is -2.71. The first kappa shape index (κ1) is 31.8. The molecule has 6 aliphatic rings. The second-order valence-electron chi connectivity index (χ2n) is 17.3. The standard InChI is InChI=1S/C36H58O7/c1-12-39-30(6,7)36-20-18-34(11,42-36)35(43-36)19-17-33(10)28(35)24(40-22(2)37)21-26-31(8)15-14-27(41-23(3)38)29(4,5)25(31)13-16-32(26,33)9/h24-28H,12-21H2,1-11H3/t24-,25?,26-,27-,28?,31+,32-,33-,34+,35-,36-/m1/s1. The maximum Gasteiger partial charge on any atom is 0.302 e. The van der Waals surface area contributed by atoms with Gasteiger partial charge in [0.05, 0.1) is 5.60 Å². The SMILES string of the molecule is CCOC(C)(C)[C@]12CC[C@](C)(O1)[C@]1(CC[C@]3(C)C1[C@H](OC(C)=O)C[C@@H]1[C@@]4(C)CC[C@@H](OC(C)=O)C(C)(C)C4CC[C@]13C)O2. The van der Waals surface area contributed by atoms with Crippen LogP contribution < -0.4 is 0 Å². The van der Waals surface area contributed by atoms with Crippen LogP contribution in [0, 0.1) is 39.4 Å². The molecule has 0 aromatic carbocycles. The zero-order valence-corrected chi connectivity index (χ0v) is 28.8. The molecule has 244 valence electrons. The monoisotopic (exact) mass is 602 g/mol. The summed E-state index contributed by atoms with van der Waals surface area (Å²) in [6.45, 7) is 24.4. The fourth-order valence-corrected chi connectivity index (χ4v) is 12.8. The van der Waals surface area contributed by atoms with Crippen LogP contribution in [-0.4, -0.2) is 53.3 Å². The first-order chi connectivity index (χ1) is 19.8. The minimum absolute atomic E-state index is 0.0281. The summed E-state index contributed by atoms with van der Waals surface area (Å²) < 4.78 is 33.2. The third-order valence-electron chi connectivity index (χ3n) is 14.9. The molecule has 2 aliphatic heterocycles. The van der Waals surface area contributed by atoms with Crippen molar-refractivity contribution in [2.45, 2.75) is 169 Å². The normalized spacial score (nSPS) is 51.5. The minimum Gasteiger partial charge on any atom is -0.462 e. The Morgan fingerprint density at radius 2 is 1.47 bits per heavy atom. The molecule has 0 aromatic heterocycles. The molecule has 2 bridgehead atoms. The van der Waals surface area contributed by atoms with Gasteiger partial charge in [0.15, 0.2) is 5.79 Å². The number of fused-ring (bicyclic) bond motifs is 9. The number of rotatable bonds is 5. The second-order valence-corrected chi connectivity index (χ2v) is 17.3. The molecule has 7 heteroatoms. The zero-order valence-electron chi connectivity index (χ0n) is 28.8. The highest BCUT2D eigenvalue weighted by Crippen LogP contribution is 2.79. The molecule has 1 spiro atoms. The van der Waals surface area contributed by atoms with E-state index in [0.29, 0.717) is 18.4 Å². The van der Waals surface area contributed by atoms with Crippen molar-refractivity contribution in [1.82, 2.24) is 0 Å². The van der Waals surface area contributed by atoms with E-state index in [1.807, 2.05) is 6.92 Å². The maximum absolute atomic E-state index is 12.8. The Morgan fingerprint density at radius 3 is 2.09 bits per heavy atom. The topological polar surface area (TPSA) is 80.3 Å². The van der Waals surface area contributed by atoms with Crippen molar-refractivity contribution in [3.8, 4) is 0 Å². The molecule has 6 fully saturated rings. The fraction of sp³-hybridized carbons (Fsp3) is 0.944. The van der Waals surface area contributed by atoms with Gasteiger partial charge in [-0.25, -0.2) is 0 Å². The van der Waals surface area contributed by atoms with E-state index in [2.05, 4.69) is 55.4 Å². The first-order valence-electron chi connectivity index (χ1n) is 17.2. The Hall–Kier alpha value is -1.18. The molecular formula is C36H58O7. The van der Waals surface area contributed by atoms with Crippen LogP contribution in [0.15, 0.2) is 0 Å². The molecule has 0 aromatic rings. The highest BCUT2D eigenvalue weighted by atomic mass is 16.8. The van der Waals surface area contributed by atoms with Crippen molar-refractivity contribution in [3.05, 3.63) is 0 Å². The summed E-state index contributed by atoms with van der Waals surface area (Å²) in [7, 11) is 0. The van der Waals surface area contributed by atoms with Gasteiger partial charge >= 0.3 is 11.9 Å². The van der Waals surface area contributed by atoms with E-state index in [0.717, 1.165) is 57.8 Å². The van der Waals surface area contributed by atoms with Gasteiger partial charge in [-0.1, -0.05) is 34.6 Å². The van der Waals surface area contributed by atoms with Gasteiger partial charge in [-0.3, -0.25) is 9.59 Å². The number of ether oxygens (including phenoxy) is 5. The molecule has 2 unspecified atom stereocenters. The third-order valence-corrected chi connectivity index (χ3v) is 14.9. The van der Waals surface area contributed by atoms with Crippen molar-refractivity contribution < 1.29 is 33.3 Å². The molecule has 7 nitrogen and oxygen atoms in total. The average Bonchev–Trinajstić information content (AvgIpc) is 3.48. The van der Waals surface area contributed by atoms with E-state index in [1.54, 1.807) is 6.92 Å². The van der Waals surface area contributed by atoms with Crippen LogP contribution in [0.3, 0.4) is 0 Å². The van der Waals surface area contributed by atoms with Gasteiger partial charge in [0.1, 0.15) is 23.4 Å². The summed E-state index contributed by atoms with van der Waals surface area (Å²) in [6.07, 6.45) is 8.26. The molecule has 43 heavy (non-hydrogen) atoms. The second kappa shape index (κ2) is 9.44. The van der Waals surface area contributed by atoms with Crippen LogP contribution in [0.4, 0.5) is 0 Å². The molecular weight excluding hydrogens is 544 g/mol. The lowest BCUT2D eigenvalue weighted by Crippen LogP contribution is -2.70. The smallest absolute Gasteiger partial charge is 0.302 e. The number of carbonyl (C=O) groups excluding carboxylic acids is 2. The lowest BCUT2D eigenvalue weighted by molar-refractivity contribution is -0.303. The Balaban J connectivity index is 1.43. The van der Waals surface area contributed by atoms with E-state index in [4.69, 9.17) is 23.7 Å². The molecule has 0 radical (unpaired) electrons. The van der Waals surface area contributed by atoms with Gasteiger partial charge in [-0.15, -0.1) is 0 Å². The summed E-state index contributed by atoms with van der Waals surface area (Å²) in [4.78, 5) is 24.9. The van der Waals surface area contributed by atoms with Crippen molar-refractivity contribution in [3.63, 3.8) is 0 Å². The molecule has 0 N–H and O–H groups in total. The minimum atomic E-state index is -0.815. The Morgan fingerprint density at radius 1 is 0.791 bits per heavy atom. The highest BCUT2D eigenvalue weighted by molar-refractivity contribution is 5.66. The third kappa shape index (κ3) is 3.89. The lowest BCUT2D eigenvalue weighted by atomic mass is 9.35. The van der Waals surface area contributed by atoms with Crippen molar-refractivity contribution >= 4 is 11.9 Å². The molecule has 2 heterocycles. The summed E-state index contributed by atoms with van der Waals surface area (Å²) in [6, 6.07) is 0. The number of hydrogen-bond donors (Lipinski definition) is 0. The van der Waals surface area contributed by atoms with Gasteiger partial charge in [0.2, 0.25) is 0 Å². The highest BCUT2D eigenvalue weighted by Gasteiger charge is 2.83. The van der Waals surface area contributed by atoms with Crippen LogP contribution >= 0.6 is 0 Å².